The Morgan fingerprint density at radius 3 is 3.00 bits per heavy atom. The molecule has 2 N–H and O–H groups in total. The van der Waals surface area contributed by atoms with Crippen molar-refractivity contribution in [3.63, 3.8) is 0 Å². The van der Waals surface area contributed by atoms with Crippen molar-refractivity contribution in [2.24, 2.45) is 5.73 Å². The third-order valence-corrected chi connectivity index (χ3v) is 2.97. The number of halogens is 1. The summed E-state index contributed by atoms with van der Waals surface area (Å²) in [5.41, 5.74) is 7.10. The summed E-state index contributed by atoms with van der Waals surface area (Å²) in [6.07, 6.45) is 1.70. The van der Waals surface area contributed by atoms with E-state index in [0.29, 0.717) is 10.8 Å². The van der Waals surface area contributed by atoms with E-state index in [1.54, 1.807) is 16.9 Å². The van der Waals surface area contributed by atoms with Crippen LogP contribution in [0.2, 0.25) is 5.02 Å². The molecule has 18 heavy (non-hydrogen) atoms. The molecule has 2 heterocycles. The molecule has 0 spiro atoms. The molecule has 90 valence electrons. The normalized spacial score (nSPS) is 11.0. The molecule has 0 saturated carbocycles. The van der Waals surface area contributed by atoms with Gasteiger partial charge in [-0.25, -0.2) is 0 Å². The number of pyridine rings is 1. The first-order valence-electron chi connectivity index (χ1n) is 5.32. The number of fused-ring (bicyclic) bond motifs is 1. The van der Waals surface area contributed by atoms with Crippen molar-refractivity contribution >= 4 is 22.5 Å². The van der Waals surface area contributed by atoms with Gasteiger partial charge in [0.2, 0.25) is 0 Å². The molecular weight excluding hydrogens is 252 g/mol. The van der Waals surface area contributed by atoms with E-state index in [9.17, 15) is 0 Å². The summed E-state index contributed by atoms with van der Waals surface area (Å²) < 4.78 is 1.58. The lowest BCUT2D eigenvalue weighted by atomic mass is 10.2. The highest BCUT2D eigenvalue weighted by molar-refractivity contribution is 6.35. The van der Waals surface area contributed by atoms with Gasteiger partial charge in [-0.3, -0.25) is 4.98 Å². The first kappa shape index (κ1) is 11.1. The first-order valence-corrected chi connectivity index (χ1v) is 5.70. The number of nitrogens with zero attached hydrogens (tertiary/aromatic N) is 5. The molecule has 7 heteroatoms. The third-order valence-electron chi connectivity index (χ3n) is 2.64. The summed E-state index contributed by atoms with van der Waals surface area (Å²) >= 11 is 6.14. The number of rotatable bonds is 2. The van der Waals surface area contributed by atoms with Crippen molar-refractivity contribution in [3.8, 4) is 5.69 Å². The van der Waals surface area contributed by atoms with E-state index < -0.39 is 0 Å². The number of tetrazole rings is 1. The summed E-state index contributed by atoms with van der Waals surface area (Å²) in [5.74, 6) is 0.573. The Hall–Kier alpha value is -2.05. The lowest BCUT2D eigenvalue weighted by Gasteiger charge is -2.07. The SMILES string of the molecule is NCc1nnnn1-c1ccc(Cl)c2cccnc12. The fourth-order valence-electron chi connectivity index (χ4n) is 1.81. The highest BCUT2D eigenvalue weighted by atomic mass is 35.5. The van der Waals surface area contributed by atoms with Crippen LogP contribution in [0.3, 0.4) is 0 Å². The monoisotopic (exact) mass is 260 g/mol. The van der Waals surface area contributed by atoms with Gasteiger partial charge in [0.15, 0.2) is 5.82 Å². The van der Waals surface area contributed by atoms with Crippen molar-refractivity contribution in [2.75, 3.05) is 0 Å². The maximum absolute atomic E-state index is 6.14. The average molecular weight is 261 g/mol. The largest absolute Gasteiger partial charge is 0.324 e. The molecule has 0 bridgehead atoms. The molecule has 0 atom stereocenters. The number of hydrogen-bond acceptors (Lipinski definition) is 5. The lowest BCUT2D eigenvalue weighted by Crippen LogP contribution is -2.08. The Morgan fingerprint density at radius 1 is 1.28 bits per heavy atom. The smallest absolute Gasteiger partial charge is 0.170 e. The van der Waals surface area contributed by atoms with Gasteiger partial charge in [0.1, 0.15) is 0 Å². The molecule has 0 unspecified atom stereocenters. The molecule has 6 nitrogen and oxygen atoms in total. The standard InChI is InChI=1S/C11H9ClN6/c12-8-3-4-9(11-7(8)2-1-5-14-11)18-10(6-13)15-16-17-18/h1-5H,6,13H2. The van der Waals surface area contributed by atoms with Crippen LogP contribution in [0.4, 0.5) is 0 Å². The van der Waals surface area contributed by atoms with Gasteiger partial charge in [0, 0.05) is 11.6 Å². The van der Waals surface area contributed by atoms with Crippen LogP contribution in [0.1, 0.15) is 5.82 Å². The Kier molecular flexibility index (Phi) is 2.66. The molecule has 3 aromatic rings. The van der Waals surface area contributed by atoms with E-state index in [-0.39, 0.29) is 6.54 Å². The maximum Gasteiger partial charge on any atom is 0.170 e. The van der Waals surface area contributed by atoms with E-state index in [2.05, 4.69) is 20.5 Å². The van der Waals surface area contributed by atoms with Crippen molar-refractivity contribution in [1.29, 1.82) is 0 Å². The predicted octanol–water partition coefficient (Wildman–Crippen LogP) is 1.32. The highest BCUT2D eigenvalue weighted by Gasteiger charge is 2.12. The van der Waals surface area contributed by atoms with Crippen LogP contribution >= 0.6 is 11.6 Å². The minimum absolute atomic E-state index is 0.254. The molecule has 0 fully saturated rings. The Labute approximate surface area is 107 Å². The summed E-state index contributed by atoms with van der Waals surface area (Å²) in [4.78, 5) is 4.33. The fourth-order valence-corrected chi connectivity index (χ4v) is 2.03. The quantitative estimate of drug-likeness (QED) is 0.751. The third kappa shape index (κ3) is 1.62. The van der Waals surface area contributed by atoms with Gasteiger partial charge >= 0.3 is 0 Å². The van der Waals surface area contributed by atoms with Gasteiger partial charge in [0.25, 0.3) is 0 Å². The molecule has 3 rings (SSSR count). The van der Waals surface area contributed by atoms with Crippen molar-refractivity contribution in [2.45, 2.75) is 6.54 Å². The van der Waals surface area contributed by atoms with Crippen LogP contribution in [-0.2, 0) is 6.54 Å². The zero-order chi connectivity index (χ0) is 12.5. The average Bonchev–Trinajstić information content (AvgIpc) is 2.88. The van der Waals surface area contributed by atoms with Crippen molar-refractivity contribution < 1.29 is 0 Å². The van der Waals surface area contributed by atoms with E-state index in [1.165, 1.54) is 0 Å². The van der Waals surface area contributed by atoms with Gasteiger partial charge < -0.3 is 5.73 Å². The van der Waals surface area contributed by atoms with Crippen LogP contribution in [0, 0.1) is 0 Å². The Bertz CT molecular complexity index is 708. The molecular formula is C11H9ClN6. The molecule has 2 aromatic heterocycles. The van der Waals surface area contributed by atoms with Crippen LogP contribution < -0.4 is 5.73 Å². The highest BCUT2D eigenvalue weighted by Crippen LogP contribution is 2.26. The van der Waals surface area contributed by atoms with Crippen LogP contribution in [0.25, 0.3) is 16.6 Å². The Morgan fingerprint density at radius 2 is 2.17 bits per heavy atom. The molecule has 0 aliphatic heterocycles. The van der Waals surface area contributed by atoms with E-state index in [4.69, 9.17) is 17.3 Å². The van der Waals surface area contributed by atoms with Crippen molar-refractivity contribution in [1.82, 2.24) is 25.2 Å². The number of benzene rings is 1. The zero-order valence-electron chi connectivity index (χ0n) is 9.29. The first-order chi connectivity index (χ1) is 8.81. The van der Waals surface area contributed by atoms with E-state index >= 15 is 0 Å². The Balaban J connectivity index is 2.34. The molecule has 0 radical (unpaired) electrons. The van der Waals surface area contributed by atoms with Gasteiger partial charge in [-0.2, -0.15) is 4.68 Å². The van der Waals surface area contributed by atoms with Gasteiger partial charge in [-0.1, -0.05) is 11.6 Å². The summed E-state index contributed by atoms with van der Waals surface area (Å²) in [5, 5.41) is 12.9. The predicted molar refractivity (Wildman–Crippen MR) is 67.4 cm³/mol. The van der Waals surface area contributed by atoms with Crippen LogP contribution in [0.5, 0.6) is 0 Å². The lowest BCUT2D eigenvalue weighted by molar-refractivity contribution is 0.764. The number of aromatic nitrogens is 5. The molecule has 1 aromatic carbocycles. The minimum Gasteiger partial charge on any atom is -0.324 e. The van der Waals surface area contributed by atoms with Crippen molar-refractivity contribution in [3.05, 3.63) is 41.3 Å². The van der Waals surface area contributed by atoms with Gasteiger partial charge in [-0.15, -0.1) is 5.10 Å². The minimum atomic E-state index is 0.254. The van der Waals surface area contributed by atoms with Gasteiger partial charge in [-0.05, 0) is 34.7 Å². The molecule has 0 aliphatic carbocycles. The van der Waals surface area contributed by atoms with Crippen LogP contribution in [0.15, 0.2) is 30.5 Å². The molecule has 0 aliphatic rings. The number of nitrogens with two attached hydrogens (primary N) is 1. The maximum atomic E-state index is 6.14. The molecule has 0 saturated heterocycles. The number of hydrogen-bond donors (Lipinski definition) is 1. The second-order valence-electron chi connectivity index (χ2n) is 3.68. The van der Waals surface area contributed by atoms with Crippen LogP contribution in [-0.4, -0.2) is 25.2 Å². The van der Waals surface area contributed by atoms with E-state index in [0.717, 1.165) is 16.6 Å². The van der Waals surface area contributed by atoms with Gasteiger partial charge in [0.05, 0.1) is 22.8 Å². The zero-order valence-corrected chi connectivity index (χ0v) is 10.0. The second-order valence-corrected chi connectivity index (χ2v) is 4.08. The summed E-state index contributed by atoms with van der Waals surface area (Å²) in [7, 11) is 0. The summed E-state index contributed by atoms with van der Waals surface area (Å²) in [6.45, 7) is 0.254. The molecule has 0 amide bonds. The van der Waals surface area contributed by atoms with E-state index in [1.807, 2.05) is 18.2 Å². The topological polar surface area (TPSA) is 82.5 Å². The fraction of sp³-hybridized carbons (Fsp3) is 0.0909. The second kappa shape index (κ2) is 4.32. The summed E-state index contributed by atoms with van der Waals surface area (Å²) in [6, 6.07) is 7.36.